The minimum Gasteiger partial charge on any atom is -0.174 e. The zero-order valence-corrected chi connectivity index (χ0v) is 3.12. The van der Waals surface area contributed by atoms with Gasteiger partial charge in [0.2, 0.25) is 0 Å². The van der Waals surface area contributed by atoms with Gasteiger partial charge in [-0.2, -0.15) is 8.78 Å². The van der Waals surface area contributed by atoms with Crippen molar-refractivity contribution in [3.8, 4) is 0 Å². The van der Waals surface area contributed by atoms with E-state index in [4.69, 9.17) is 0 Å². The molecule has 0 atom stereocenters. The highest BCUT2D eigenvalue weighted by molar-refractivity contribution is 4.95. The fourth-order valence-electron chi connectivity index (χ4n) is 0.0891. The first-order valence-electron chi connectivity index (χ1n) is 1.41. The largest absolute Gasteiger partial charge is 0.266 e. The standard InChI is InChI=1S/C4H4F2/c1-2-3-4(5)6/h2-3H,1H2. The molecule has 34 valence electrons. The van der Waals surface area contributed by atoms with Gasteiger partial charge in [-0.3, -0.25) is 0 Å². The fraction of sp³-hybridized carbons (Fsp3) is 0. The second kappa shape index (κ2) is 2.82. The summed E-state index contributed by atoms with van der Waals surface area (Å²) in [7, 11) is 0. The van der Waals surface area contributed by atoms with Crippen LogP contribution in [-0.2, 0) is 0 Å². The second-order valence-electron chi connectivity index (χ2n) is 0.692. The van der Waals surface area contributed by atoms with E-state index in [1.165, 1.54) is 0 Å². The average Bonchev–Trinajstić information content (AvgIpc) is 1.35. The molecule has 0 aromatic rings. The number of allylic oxidation sites excluding steroid dienone is 1. The molecule has 0 saturated carbocycles. The zero-order valence-electron chi connectivity index (χ0n) is 3.12. The summed E-state index contributed by atoms with van der Waals surface area (Å²) >= 11 is 0. The second-order valence-corrected chi connectivity index (χ2v) is 0.692. The van der Waals surface area contributed by atoms with E-state index in [1.54, 1.807) is 0 Å². The van der Waals surface area contributed by atoms with Crippen molar-refractivity contribution in [2.75, 3.05) is 0 Å². The molecule has 0 N–H and O–H groups in total. The van der Waals surface area contributed by atoms with Crippen molar-refractivity contribution >= 4 is 0 Å². The van der Waals surface area contributed by atoms with Crippen LogP contribution in [0.15, 0.2) is 12.2 Å². The number of rotatable bonds is 1. The molecule has 0 nitrogen and oxygen atoms in total. The molecule has 0 aromatic carbocycles. The smallest absolute Gasteiger partial charge is 0.174 e. The van der Waals surface area contributed by atoms with Crippen molar-refractivity contribution in [3.63, 3.8) is 0 Å². The molecule has 0 unspecified atom stereocenters. The lowest BCUT2D eigenvalue weighted by molar-refractivity contribution is 0.421. The molecular formula is C4H4F2. The van der Waals surface area contributed by atoms with Crippen LogP contribution in [0, 0.1) is 13.3 Å². The molecule has 0 bridgehead atoms. The third-order valence-electron chi connectivity index (χ3n) is 0.244. The van der Waals surface area contributed by atoms with Crippen molar-refractivity contribution in [3.05, 3.63) is 25.5 Å². The van der Waals surface area contributed by atoms with Crippen LogP contribution < -0.4 is 0 Å². The quantitative estimate of drug-likeness (QED) is 0.460. The van der Waals surface area contributed by atoms with Crippen molar-refractivity contribution in [2.45, 2.75) is 0 Å². The molecule has 0 amide bonds. The first kappa shape index (κ1) is 5.60. The summed E-state index contributed by atoms with van der Waals surface area (Å²) in [5.74, 6) is 0. The van der Waals surface area contributed by atoms with Gasteiger partial charge in [0.05, 0.1) is 0 Å². The van der Waals surface area contributed by atoms with Gasteiger partial charge in [-0.25, -0.2) is 0 Å². The lowest BCUT2D eigenvalue weighted by Crippen LogP contribution is -1.55. The van der Waals surface area contributed by atoms with Crippen LogP contribution in [0.1, 0.15) is 0 Å². The minimum atomic E-state index is -1.70. The van der Waals surface area contributed by atoms with Gasteiger partial charge in [-0.05, 0) is 19.4 Å². The predicted molar refractivity (Wildman–Crippen MR) is 20.0 cm³/mol. The number of hydrogen-bond donors (Lipinski definition) is 0. The maximum Gasteiger partial charge on any atom is 0.266 e. The first-order valence-corrected chi connectivity index (χ1v) is 1.41. The maximum absolute atomic E-state index is 10.8. The molecular weight excluding hydrogens is 86.0 g/mol. The first-order chi connectivity index (χ1) is 2.77. The molecule has 0 saturated heterocycles. The SMILES string of the molecule is [CH2][CH]C=C(F)F. The van der Waals surface area contributed by atoms with Gasteiger partial charge in [0.25, 0.3) is 6.08 Å². The molecule has 0 aromatic heterocycles. The number of hydrogen-bond acceptors (Lipinski definition) is 0. The van der Waals surface area contributed by atoms with E-state index >= 15 is 0 Å². The molecule has 0 aliphatic heterocycles. The third-order valence-corrected chi connectivity index (χ3v) is 0.244. The van der Waals surface area contributed by atoms with E-state index in [-0.39, 0.29) is 0 Å². The molecule has 2 radical (unpaired) electrons. The zero-order chi connectivity index (χ0) is 4.99. The Kier molecular flexibility index (Phi) is 2.63. The highest BCUT2D eigenvalue weighted by Crippen LogP contribution is 1.95. The minimum absolute atomic E-state index is 0.639. The van der Waals surface area contributed by atoms with Crippen LogP contribution in [0.2, 0.25) is 0 Å². The predicted octanol–water partition coefficient (Wildman–Crippen LogP) is 1.81. The number of halogens is 2. The summed E-state index contributed by atoms with van der Waals surface area (Å²) in [6.45, 7) is 3.04. The summed E-state index contributed by atoms with van der Waals surface area (Å²) in [5.41, 5.74) is 0. The van der Waals surface area contributed by atoms with Crippen LogP contribution in [0.5, 0.6) is 0 Å². The highest BCUT2D eigenvalue weighted by Gasteiger charge is 1.79. The van der Waals surface area contributed by atoms with Crippen molar-refractivity contribution in [2.24, 2.45) is 0 Å². The summed E-state index contributed by atoms with van der Waals surface area (Å²) in [6, 6.07) is 0. The summed E-state index contributed by atoms with van der Waals surface area (Å²) in [4.78, 5) is 0. The average molecular weight is 90.1 g/mol. The Bertz CT molecular complexity index is 52.6. The Morgan fingerprint density at radius 2 is 2.00 bits per heavy atom. The third kappa shape index (κ3) is 3.60. The van der Waals surface area contributed by atoms with Gasteiger partial charge >= 0.3 is 0 Å². The van der Waals surface area contributed by atoms with E-state index in [0.29, 0.717) is 6.08 Å². The summed E-state index contributed by atoms with van der Waals surface area (Å²) < 4.78 is 21.6. The van der Waals surface area contributed by atoms with Gasteiger partial charge < -0.3 is 0 Å². The molecule has 0 fully saturated rings. The topological polar surface area (TPSA) is 0 Å². The summed E-state index contributed by atoms with van der Waals surface area (Å²) in [6.07, 6.45) is -0.0278. The Morgan fingerprint density at radius 1 is 1.50 bits per heavy atom. The lowest BCUT2D eigenvalue weighted by Gasteiger charge is -1.70. The van der Waals surface area contributed by atoms with Crippen LogP contribution in [0.25, 0.3) is 0 Å². The van der Waals surface area contributed by atoms with Gasteiger partial charge in [-0.1, -0.05) is 0 Å². The Hall–Kier alpha value is -0.400. The van der Waals surface area contributed by atoms with E-state index in [0.717, 1.165) is 6.42 Å². The molecule has 0 rings (SSSR count). The van der Waals surface area contributed by atoms with E-state index in [9.17, 15) is 8.78 Å². The Morgan fingerprint density at radius 3 is 2.00 bits per heavy atom. The van der Waals surface area contributed by atoms with Crippen molar-refractivity contribution in [1.82, 2.24) is 0 Å². The monoisotopic (exact) mass is 90.0 g/mol. The molecule has 0 spiro atoms. The van der Waals surface area contributed by atoms with E-state index in [2.05, 4.69) is 6.92 Å². The van der Waals surface area contributed by atoms with Crippen LogP contribution >= 0.6 is 0 Å². The van der Waals surface area contributed by atoms with Gasteiger partial charge in [0.15, 0.2) is 0 Å². The normalized spacial score (nSPS) is 7.83. The van der Waals surface area contributed by atoms with Gasteiger partial charge in [0, 0.05) is 0 Å². The molecule has 0 aliphatic rings. The van der Waals surface area contributed by atoms with Crippen LogP contribution in [0.4, 0.5) is 8.78 Å². The van der Waals surface area contributed by atoms with Crippen molar-refractivity contribution in [1.29, 1.82) is 0 Å². The van der Waals surface area contributed by atoms with Gasteiger partial charge in [0.1, 0.15) is 0 Å². The maximum atomic E-state index is 10.8. The van der Waals surface area contributed by atoms with Crippen molar-refractivity contribution < 1.29 is 8.78 Å². The van der Waals surface area contributed by atoms with E-state index in [1.807, 2.05) is 0 Å². The highest BCUT2D eigenvalue weighted by atomic mass is 19.3. The summed E-state index contributed by atoms with van der Waals surface area (Å²) in [5, 5.41) is 0. The Labute approximate surface area is 35.5 Å². The molecule has 6 heavy (non-hydrogen) atoms. The van der Waals surface area contributed by atoms with Gasteiger partial charge in [-0.15, -0.1) is 0 Å². The molecule has 2 heteroatoms. The van der Waals surface area contributed by atoms with E-state index < -0.39 is 6.08 Å². The van der Waals surface area contributed by atoms with Crippen LogP contribution in [-0.4, -0.2) is 0 Å². The molecule has 0 aliphatic carbocycles. The fourth-order valence-corrected chi connectivity index (χ4v) is 0.0891. The molecule has 0 heterocycles. The lowest BCUT2D eigenvalue weighted by atomic mass is 10.5. The Balaban J connectivity index is 3.14. The van der Waals surface area contributed by atoms with Crippen LogP contribution in [0.3, 0.4) is 0 Å².